The van der Waals surface area contributed by atoms with Crippen LogP contribution in [-0.4, -0.2) is 8.07 Å². The van der Waals surface area contributed by atoms with E-state index in [-0.39, 0.29) is 10.8 Å². The summed E-state index contributed by atoms with van der Waals surface area (Å²) in [5.74, 6) is 0. The monoisotopic (exact) mass is 933 g/mol. The lowest BCUT2D eigenvalue weighted by molar-refractivity contribution is 0.713. The predicted molar refractivity (Wildman–Crippen MR) is 304 cm³/mol. The molecule has 11 aromatic rings. The van der Waals surface area contributed by atoms with E-state index in [1.165, 1.54) is 98.6 Å². The fourth-order valence-corrected chi connectivity index (χ4v) is 18.5. The summed E-state index contributed by atoms with van der Waals surface area (Å²) >= 11 is 0. The van der Waals surface area contributed by atoms with Crippen molar-refractivity contribution in [1.29, 1.82) is 0 Å². The van der Waals surface area contributed by atoms with Crippen LogP contribution in [0.2, 0.25) is 0 Å². The van der Waals surface area contributed by atoms with E-state index < -0.39 is 8.07 Å². The molecule has 0 spiro atoms. The van der Waals surface area contributed by atoms with E-state index in [1.54, 1.807) is 0 Å². The molecule has 2 aliphatic carbocycles. The third-order valence-corrected chi connectivity index (χ3v) is 21.5. The van der Waals surface area contributed by atoms with Crippen LogP contribution >= 0.6 is 0 Å². The number of fused-ring (bicyclic) bond motifs is 9. The standard InChI is InChI=1S/C70H51NSi/c1-69(50-25-8-4-9-26-50)63-36-16-12-32-57(63)59-42-40-53(46-65(59)69)71(54-41-43-60-58-33-13-17-37-64(58)70(2,66(60)47-54)51-27-10-5-11-28-51)52-29-21-31-56(45-52)72(55-30-20-24-49(44-55)48-22-6-3-7-23-48)67-38-18-14-34-61(67)62-35-15-19-39-68(62)72/h3-47H,1-2H3. The zero-order valence-electron chi connectivity index (χ0n) is 40.4. The minimum atomic E-state index is -2.95. The van der Waals surface area contributed by atoms with Crippen LogP contribution < -0.4 is 25.6 Å². The summed E-state index contributed by atoms with van der Waals surface area (Å²) in [6.45, 7) is 4.85. The van der Waals surface area contributed by atoms with Gasteiger partial charge in [-0.25, -0.2) is 0 Å². The topological polar surface area (TPSA) is 3.24 Å². The van der Waals surface area contributed by atoms with Gasteiger partial charge in [0.1, 0.15) is 0 Å². The van der Waals surface area contributed by atoms with Crippen molar-refractivity contribution in [3.8, 4) is 44.5 Å². The normalized spacial score (nSPS) is 17.2. The van der Waals surface area contributed by atoms with Crippen molar-refractivity contribution in [3.05, 3.63) is 306 Å². The fraction of sp³-hybridized carbons (Fsp3) is 0.0571. The van der Waals surface area contributed by atoms with Crippen LogP contribution in [0.4, 0.5) is 17.1 Å². The van der Waals surface area contributed by atoms with Crippen LogP contribution in [0.25, 0.3) is 44.5 Å². The number of anilines is 3. The Morgan fingerprint density at radius 2 is 0.667 bits per heavy atom. The molecule has 2 atom stereocenters. The van der Waals surface area contributed by atoms with Crippen molar-refractivity contribution in [1.82, 2.24) is 0 Å². The lowest BCUT2D eigenvalue weighted by Gasteiger charge is -2.34. The first-order chi connectivity index (χ1) is 35.5. The van der Waals surface area contributed by atoms with Crippen molar-refractivity contribution in [2.45, 2.75) is 24.7 Å². The summed E-state index contributed by atoms with van der Waals surface area (Å²) in [4.78, 5) is 2.56. The van der Waals surface area contributed by atoms with Gasteiger partial charge < -0.3 is 4.90 Å². The summed E-state index contributed by atoms with van der Waals surface area (Å²) in [6, 6.07) is 103. The van der Waals surface area contributed by atoms with E-state index in [4.69, 9.17) is 0 Å². The predicted octanol–water partition coefficient (Wildman–Crippen LogP) is 14.9. The number of hydrogen-bond donors (Lipinski definition) is 0. The second-order valence-electron chi connectivity index (χ2n) is 20.2. The molecule has 1 nitrogen and oxygen atoms in total. The first-order valence-electron chi connectivity index (χ1n) is 25.3. The highest BCUT2D eigenvalue weighted by atomic mass is 28.3. The molecular formula is C70H51NSi. The van der Waals surface area contributed by atoms with Crippen molar-refractivity contribution in [2.75, 3.05) is 4.90 Å². The quantitative estimate of drug-likeness (QED) is 0.137. The molecule has 0 amide bonds. The Hall–Kier alpha value is -8.56. The van der Waals surface area contributed by atoms with Crippen LogP contribution in [-0.2, 0) is 10.8 Å². The van der Waals surface area contributed by atoms with Gasteiger partial charge in [-0.2, -0.15) is 0 Å². The molecule has 0 saturated carbocycles. The third-order valence-electron chi connectivity index (χ3n) is 16.7. The molecule has 0 radical (unpaired) electrons. The Labute approximate surface area is 424 Å². The van der Waals surface area contributed by atoms with Gasteiger partial charge in [0.15, 0.2) is 8.07 Å². The second kappa shape index (κ2) is 16.2. The van der Waals surface area contributed by atoms with E-state index in [9.17, 15) is 0 Å². The molecule has 3 aliphatic rings. The van der Waals surface area contributed by atoms with Crippen molar-refractivity contribution < 1.29 is 0 Å². The van der Waals surface area contributed by atoms with Crippen molar-refractivity contribution in [2.24, 2.45) is 0 Å². The third kappa shape index (κ3) is 6.00. The van der Waals surface area contributed by atoms with Crippen LogP contribution in [0.3, 0.4) is 0 Å². The van der Waals surface area contributed by atoms with Gasteiger partial charge in [-0.15, -0.1) is 0 Å². The van der Waals surface area contributed by atoms with Crippen molar-refractivity contribution >= 4 is 45.9 Å². The number of hydrogen-bond acceptors (Lipinski definition) is 1. The van der Waals surface area contributed by atoms with Crippen LogP contribution in [0, 0.1) is 0 Å². The molecule has 340 valence electrons. The fourth-order valence-electron chi connectivity index (χ4n) is 13.3. The largest absolute Gasteiger partial charge is 0.310 e. The highest BCUT2D eigenvalue weighted by molar-refractivity contribution is 7.22. The molecule has 14 rings (SSSR count). The molecule has 72 heavy (non-hydrogen) atoms. The lowest BCUT2D eigenvalue weighted by atomic mass is 9.74. The van der Waals surface area contributed by atoms with Gasteiger partial charge in [0, 0.05) is 27.9 Å². The molecule has 2 unspecified atom stereocenters. The van der Waals surface area contributed by atoms with Crippen molar-refractivity contribution in [3.63, 3.8) is 0 Å². The Bertz CT molecular complexity index is 3720. The first-order valence-corrected chi connectivity index (χ1v) is 27.3. The van der Waals surface area contributed by atoms with Gasteiger partial charge in [-0.1, -0.05) is 237 Å². The molecular weight excluding hydrogens is 883 g/mol. The van der Waals surface area contributed by atoms with Gasteiger partial charge in [0.05, 0.1) is 0 Å². The average Bonchev–Trinajstić information content (AvgIpc) is 4.01. The molecule has 11 aromatic carbocycles. The van der Waals surface area contributed by atoms with Gasteiger partial charge in [0.2, 0.25) is 0 Å². The van der Waals surface area contributed by atoms with Gasteiger partial charge >= 0.3 is 0 Å². The molecule has 1 aliphatic heterocycles. The van der Waals surface area contributed by atoms with E-state index in [1.807, 2.05) is 0 Å². The van der Waals surface area contributed by atoms with Gasteiger partial charge in [-0.3, -0.25) is 0 Å². The Kier molecular flexibility index (Phi) is 9.55. The van der Waals surface area contributed by atoms with Gasteiger partial charge in [0.25, 0.3) is 0 Å². The number of rotatable bonds is 8. The van der Waals surface area contributed by atoms with E-state index in [0.29, 0.717) is 0 Å². The van der Waals surface area contributed by atoms with E-state index in [2.05, 4.69) is 292 Å². The maximum atomic E-state index is 2.56. The number of nitrogens with zero attached hydrogens (tertiary/aromatic N) is 1. The maximum Gasteiger partial charge on any atom is 0.180 e. The minimum absolute atomic E-state index is 0.361. The highest BCUT2D eigenvalue weighted by Crippen LogP contribution is 2.56. The molecule has 0 bridgehead atoms. The zero-order chi connectivity index (χ0) is 48.0. The van der Waals surface area contributed by atoms with Crippen LogP contribution in [0.5, 0.6) is 0 Å². The molecule has 0 N–H and O–H groups in total. The van der Waals surface area contributed by atoms with E-state index >= 15 is 0 Å². The van der Waals surface area contributed by atoms with Crippen LogP contribution in [0.1, 0.15) is 47.2 Å². The summed E-state index contributed by atoms with van der Waals surface area (Å²) < 4.78 is 0. The second-order valence-corrected chi connectivity index (χ2v) is 23.9. The Morgan fingerprint density at radius 3 is 1.19 bits per heavy atom. The number of benzene rings is 11. The van der Waals surface area contributed by atoms with Crippen LogP contribution in [0.15, 0.2) is 273 Å². The summed E-state index contributed by atoms with van der Waals surface area (Å²) in [5, 5.41) is 5.61. The maximum absolute atomic E-state index is 2.95. The highest BCUT2D eigenvalue weighted by Gasteiger charge is 2.49. The lowest BCUT2D eigenvalue weighted by Crippen LogP contribution is -2.72. The molecule has 1 heterocycles. The zero-order valence-corrected chi connectivity index (χ0v) is 41.4. The van der Waals surface area contributed by atoms with Gasteiger partial charge in [-0.05, 0) is 149 Å². The SMILES string of the molecule is CC1(c2ccccc2)c2ccccc2-c2ccc(N(c3cccc([Si]4(c5cccc(-c6ccccc6)c5)c5ccccc5-c5ccccc54)c3)c3ccc4c(c3)C(C)(c3ccccc3)c3ccccc3-4)cc21. The molecule has 0 saturated heterocycles. The minimum Gasteiger partial charge on any atom is -0.310 e. The Morgan fingerprint density at radius 1 is 0.278 bits per heavy atom. The summed E-state index contributed by atoms with van der Waals surface area (Å²) in [7, 11) is -2.95. The first kappa shape index (κ1) is 42.3. The van der Waals surface area contributed by atoms with E-state index in [0.717, 1.165) is 17.1 Å². The summed E-state index contributed by atoms with van der Waals surface area (Å²) in [6.07, 6.45) is 0. The Balaban J connectivity index is 1.03. The molecule has 0 aromatic heterocycles. The average molecular weight is 934 g/mol. The molecule has 0 fully saturated rings. The smallest absolute Gasteiger partial charge is 0.180 e. The molecule has 2 heteroatoms. The summed E-state index contributed by atoms with van der Waals surface area (Å²) in [5.41, 5.74) is 20.9.